The molecule has 37 heavy (non-hydrogen) atoms. The van der Waals surface area contributed by atoms with Crippen LogP contribution >= 0.6 is 0 Å². The largest absolute Gasteiger partial charge is 0.457 e. The Bertz CT molecular complexity index is 1040. The van der Waals surface area contributed by atoms with E-state index in [1.54, 1.807) is 25.3 Å². The molecule has 3 heterocycles. The van der Waals surface area contributed by atoms with Gasteiger partial charge < -0.3 is 34.1 Å². The molecule has 12 atom stereocenters. The van der Waals surface area contributed by atoms with Gasteiger partial charge in [-0.3, -0.25) is 0 Å². The summed E-state index contributed by atoms with van der Waals surface area (Å²) in [5, 5.41) is 22.1. The minimum Gasteiger partial charge on any atom is -0.457 e. The molecule has 2 aliphatic carbocycles. The van der Waals surface area contributed by atoms with Crippen molar-refractivity contribution in [3.63, 3.8) is 0 Å². The Labute approximate surface area is 217 Å². The van der Waals surface area contributed by atoms with E-state index < -0.39 is 48.1 Å². The monoisotopic (exact) mass is 517 g/mol. The number of aromatic amines is 1. The zero-order valence-electron chi connectivity index (χ0n) is 22.1. The summed E-state index contributed by atoms with van der Waals surface area (Å²) in [6, 6.07) is 3.40. The van der Waals surface area contributed by atoms with Gasteiger partial charge in [0.15, 0.2) is 6.10 Å². The van der Waals surface area contributed by atoms with E-state index in [0.29, 0.717) is 12.1 Å². The van der Waals surface area contributed by atoms with Crippen LogP contribution in [-0.2, 0) is 23.7 Å². The average molecular weight is 518 g/mol. The molecule has 3 N–H and O–H groups in total. The number of nitrogens with one attached hydrogen (secondary N) is 1. The Hall–Kier alpha value is -2.20. The third kappa shape index (κ3) is 4.15. The van der Waals surface area contributed by atoms with E-state index >= 15 is 0 Å². The van der Waals surface area contributed by atoms with E-state index in [0.717, 1.165) is 18.4 Å². The number of rotatable bonds is 4. The van der Waals surface area contributed by atoms with E-state index in [4.69, 9.17) is 18.9 Å². The summed E-state index contributed by atoms with van der Waals surface area (Å²) in [5.41, 5.74) is 0.457. The van der Waals surface area contributed by atoms with Crippen molar-refractivity contribution < 1.29 is 38.7 Å². The number of ether oxygens (including phenoxy) is 4. The van der Waals surface area contributed by atoms with Crippen LogP contribution in [0.2, 0.25) is 0 Å². The summed E-state index contributed by atoms with van der Waals surface area (Å²) in [6.45, 7) is 7.43. The summed E-state index contributed by atoms with van der Waals surface area (Å²) in [6.07, 6.45) is 1.42. The summed E-state index contributed by atoms with van der Waals surface area (Å²) in [4.78, 5) is 28.9. The van der Waals surface area contributed by atoms with Crippen LogP contribution in [0.15, 0.2) is 30.0 Å². The second-order valence-corrected chi connectivity index (χ2v) is 11.5. The Balaban J connectivity index is 1.56. The Kier molecular flexibility index (Phi) is 7.02. The zero-order chi connectivity index (χ0) is 26.6. The number of aromatic nitrogens is 1. The maximum absolute atomic E-state index is 13.1. The topological polar surface area (TPSA) is 127 Å². The lowest BCUT2D eigenvalue weighted by Crippen LogP contribution is -2.58. The van der Waals surface area contributed by atoms with Gasteiger partial charge in [-0.2, -0.15) is 0 Å². The highest BCUT2D eigenvalue weighted by atomic mass is 16.6. The average Bonchev–Trinajstić information content (AvgIpc) is 3.46. The molecule has 9 heteroatoms. The van der Waals surface area contributed by atoms with Crippen molar-refractivity contribution >= 4 is 11.9 Å². The highest BCUT2D eigenvalue weighted by molar-refractivity contribution is 5.87. The number of aliphatic hydroxyl groups excluding tert-OH is 2. The predicted molar refractivity (Wildman–Crippen MR) is 132 cm³/mol. The van der Waals surface area contributed by atoms with Crippen LogP contribution in [0.5, 0.6) is 0 Å². The molecule has 0 radical (unpaired) electrons. The van der Waals surface area contributed by atoms with Crippen molar-refractivity contribution in [1.29, 1.82) is 0 Å². The summed E-state index contributed by atoms with van der Waals surface area (Å²) < 4.78 is 24.3. The molecule has 0 aromatic carbocycles. The normalized spacial score (nSPS) is 45.7. The first-order valence-corrected chi connectivity index (χ1v) is 13.4. The van der Waals surface area contributed by atoms with Crippen LogP contribution < -0.4 is 0 Å². The van der Waals surface area contributed by atoms with Gasteiger partial charge in [-0.05, 0) is 62.7 Å². The minimum atomic E-state index is -0.876. The molecule has 1 aromatic rings. The maximum atomic E-state index is 13.1. The van der Waals surface area contributed by atoms with Crippen molar-refractivity contribution in [2.75, 3.05) is 7.11 Å². The number of H-pyrrole nitrogens is 1. The molecule has 5 rings (SSSR count). The van der Waals surface area contributed by atoms with Crippen LogP contribution in [0.4, 0.5) is 0 Å². The zero-order valence-corrected chi connectivity index (χ0v) is 22.1. The van der Waals surface area contributed by atoms with Gasteiger partial charge in [0.2, 0.25) is 0 Å². The fourth-order valence-electron chi connectivity index (χ4n) is 7.68. The van der Waals surface area contributed by atoms with Crippen LogP contribution in [0, 0.1) is 29.6 Å². The van der Waals surface area contributed by atoms with Crippen molar-refractivity contribution in [3.05, 3.63) is 35.7 Å². The van der Waals surface area contributed by atoms with Gasteiger partial charge in [-0.15, -0.1) is 0 Å². The van der Waals surface area contributed by atoms with Crippen LogP contribution in [0.3, 0.4) is 0 Å². The van der Waals surface area contributed by atoms with E-state index in [2.05, 4.69) is 4.98 Å². The van der Waals surface area contributed by atoms with Gasteiger partial charge in [0.05, 0.1) is 23.9 Å². The van der Waals surface area contributed by atoms with Gasteiger partial charge >= 0.3 is 11.9 Å². The molecule has 4 aliphatic rings. The minimum absolute atomic E-state index is 0.00555. The number of aliphatic hydroxyl groups is 2. The summed E-state index contributed by atoms with van der Waals surface area (Å²) in [7, 11) is 1.49. The molecule has 4 bridgehead atoms. The van der Waals surface area contributed by atoms with Gasteiger partial charge in [0, 0.05) is 31.1 Å². The first-order valence-electron chi connectivity index (χ1n) is 13.4. The summed E-state index contributed by atoms with van der Waals surface area (Å²) >= 11 is 0. The molecule has 204 valence electrons. The standard InChI is InChI=1S/C28H39NO8/c1-13-11-14(2)28-17(12-20(34-5)27(33)35-23(13)16(4)30)8-9-18-21(28)22(31)15(3)24(25(18)37-28)36-26(32)19-7-6-10-29-19/h6-7,10-11,13,15-18,20-25,29-31H,8-9,12H2,1-5H3/b14-11-/t13-,15-,16-,17-,18-,20+,21+,22-,23+,24-,25+,28+/m1/s1. The maximum Gasteiger partial charge on any atom is 0.355 e. The molecule has 3 fully saturated rings. The molecule has 0 amide bonds. The van der Waals surface area contributed by atoms with Crippen LogP contribution in [0.1, 0.15) is 57.4 Å². The van der Waals surface area contributed by atoms with Crippen LogP contribution in [0.25, 0.3) is 0 Å². The lowest BCUT2D eigenvalue weighted by molar-refractivity contribution is -0.173. The molecule has 0 unspecified atom stereocenters. The Morgan fingerprint density at radius 1 is 1.30 bits per heavy atom. The number of hydrogen-bond donors (Lipinski definition) is 3. The van der Waals surface area contributed by atoms with Crippen molar-refractivity contribution in [2.24, 2.45) is 29.6 Å². The molecule has 2 aliphatic heterocycles. The molecule has 1 saturated heterocycles. The highest BCUT2D eigenvalue weighted by Gasteiger charge is 2.70. The predicted octanol–water partition coefficient (Wildman–Crippen LogP) is 2.62. The summed E-state index contributed by atoms with van der Waals surface area (Å²) in [5.74, 6) is -1.92. The SMILES string of the molecule is CO[C@H]1C[C@H]2CC[C@H]3[C@@H]4O[C@]2(/C(C)=C\[C@@H](C)[C@@H]([C@@H](C)O)OC1=O)[C@@H]3[C@H](O)[C@@H](C)[C@H]4OC(=O)c1ccc[nH]1. The number of methoxy groups -OCH3 is 1. The fraction of sp³-hybridized carbons (Fsp3) is 0.714. The Morgan fingerprint density at radius 3 is 2.70 bits per heavy atom. The van der Waals surface area contributed by atoms with E-state index in [1.165, 1.54) is 7.11 Å². The lowest BCUT2D eigenvalue weighted by atomic mass is 9.55. The second kappa shape index (κ2) is 9.84. The third-order valence-electron chi connectivity index (χ3n) is 9.40. The molecule has 1 aromatic heterocycles. The number of esters is 2. The van der Waals surface area contributed by atoms with Gasteiger partial charge in [0.25, 0.3) is 0 Å². The van der Waals surface area contributed by atoms with E-state index in [9.17, 15) is 19.8 Å². The smallest absolute Gasteiger partial charge is 0.355 e. The van der Waals surface area contributed by atoms with Crippen molar-refractivity contribution in [3.8, 4) is 0 Å². The first kappa shape index (κ1) is 26.4. The molecule has 1 spiro atoms. The number of cyclic esters (lactones) is 1. The highest BCUT2D eigenvalue weighted by Crippen LogP contribution is 2.63. The van der Waals surface area contributed by atoms with Gasteiger partial charge in [-0.25, -0.2) is 9.59 Å². The number of carbonyl (C=O) groups is 2. The van der Waals surface area contributed by atoms with Gasteiger partial charge in [0.1, 0.15) is 17.9 Å². The molecular weight excluding hydrogens is 478 g/mol. The lowest BCUT2D eigenvalue weighted by Gasteiger charge is -2.51. The fourth-order valence-corrected chi connectivity index (χ4v) is 7.68. The van der Waals surface area contributed by atoms with Gasteiger partial charge in [-0.1, -0.05) is 19.9 Å². The third-order valence-corrected chi connectivity index (χ3v) is 9.40. The van der Waals surface area contributed by atoms with E-state index in [-0.39, 0.29) is 35.7 Å². The van der Waals surface area contributed by atoms with Crippen LogP contribution in [-0.4, -0.2) is 76.5 Å². The molecule has 9 nitrogen and oxygen atoms in total. The van der Waals surface area contributed by atoms with Crippen molar-refractivity contribution in [2.45, 2.75) is 89.2 Å². The van der Waals surface area contributed by atoms with Crippen molar-refractivity contribution in [1.82, 2.24) is 4.98 Å². The number of carbonyl (C=O) groups excluding carboxylic acids is 2. The molecule has 2 saturated carbocycles. The Morgan fingerprint density at radius 2 is 2.05 bits per heavy atom. The number of hydrogen-bond acceptors (Lipinski definition) is 8. The second-order valence-electron chi connectivity index (χ2n) is 11.5. The molecular formula is C28H39NO8. The quantitative estimate of drug-likeness (QED) is 0.411. The van der Waals surface area contributed by atoms with E-state index in [1.807, 2.05) is 26.8 Å². The first-order chi connectivity index (χ1) is 17.6.